The van der Waals surface area contributed by atoms with Crippen molar-refractivity contribution in [1.82, 2.24) is 10.6 Å². The summed E-state index contributed by atoms with van der Waals surface area (Å²) < 4.78 is 5.23. The molecule has 1 aliphatic rings. The van der Waals surface area contributed by atoms with Crippen LogP contribution in [0.25, 0.3) is 0 Å². The van der Waals surface area contributed by atoms with Crippen molar-refractivity contribution >= 4 is 11.9 Å². The average molecular weight is 258 g/mol. The molecule has 0 saturated carbocycles. The van der Waals surface area contributed by atoms with E-state index in [-0.39, 0.29) is 17.9 Å². The van der Waals surface area contributed by atoms with Crippen LogP contribution in [0.2, 0.25) is 0 Å². The molecule has 1 rings (SSSR count). The summed E-state index contributed by atoms with van der Waals surface area (Å²) in [5, 5.41) is 14.7. The second-order valence-corrected chi connectivity index (χ2v) is 4.58. The molecule has 1 amide bonds. The van der Waals surface area contributed by atoms with E-state index >= 15 is 0 Å². The third-order valence-corrected chi connectivity index (χ3v) is 3.25. The lowest BCUT2D eigenvalue weighted by Gasteiger charge is -2.20. The highest BCUT2D eigenvalue weighted by molar-refractivity contribution is 5.85. The van der Waals surface area contributed by atoms with Gasteiger partial charge in [-0.25, -0.2) is 4.79 Å². The summed E-state index contributed by atoms with van der Waals surface area (Å²) in [6.45, 7) is 2.82. The standard InChI is InChI=1S/C12H22N2O4/c1-3-4-5-9(12(16)17)14-11(15)8-6-18-7-10(8)13-2/h8-10,13H,3-7H2,1-2H3,(H,14,15)(H,16,17)/t8?,9-,10?/m0/s1. The van der Waals surface area contributed by atoms with Crippen LogP contribution in [0.4, 0.5) is 0 Å². The van der Waals surface area contributed by atoms with E-state index in [9.17, 15) is 9.59 Å². The molecule has 1 heterocycles. The molecule has 1 aliphatic heterocycles. The van der Waals surface area contributed by atoms with Crippen LogP contribution in [0.15, 0.2) is 0 Å². The molecule has 3 N–H and O–H groups in total. The number of unbranched alkanes of at least 4 members (excludes halogenated alkanes) is 1. The lowest BCUT2D eigenvalue weighted by atomic mass is 10.0. The first-order valence-electron chi connectivity index (χ1n) is 6.38. The van der Waals surface area contributed by atoms with Crippen LogP contribution >= 0.6 is 0 Å². The predicted molar refractivity (Wildman–Crippen MR) is 66.2 cm³/mol. The molecular weight excluding hydrogens is 236 g/mol. The van der Waals surface area contributed by atoms with Gasteiger partial charge in [0.2, 0.25) is 5.91 Å². The van der Waals surface area contributed by atoms with Crippen molar-refractivity contribution in [2.45, 2.75) is 38.3 Å². The van der Waals surface area contributed by atoms with Gasteiger partial charge in [0.25, 0.3) is 0 Å². The Hall–Kier alpha value is -1.14. The molecule has 0 bridgehead atoms. The highest BCUT2D eigenvalue weighted by Gasteiger charge is 2.34. The number of carboxylic acid groups (broad SMARTS) is 1. The molecule has 0 aromatic carbocycles. The number of ether oxygens (including phenoxy) is 1. The van der Waals surface area contributed by atoms with E-state index in [1.165, 1.54) is 0 Å². The van der Waals surface area contributed by atoms with Crippen LogP contribution in [0, 0.1) is 5.92 Å². The van der Waals surface area contributed by atoms with Crippen LogP contribution in [0.3, 0.4) is 0 Å². The lowest BCUT2D eigenvalue weighted by molar-refractivity contribution is -0.142. The van der Waals surface area contributed by atoms with Crippen LogP contribution in [-0.2, 0) is 14.3 Å². The second-order valence-electron chi connectivity index (χ2n) is 4.58. The molecule has 3 atom stereocenters. The van der Waals surface area contributed by atoms with Gasteiger partial charge >= 0.3 is 5.97 Å². The normalized spacial score (nSPS) is 24.8. The maximum Gasteiger partial charge on any atom is 0.326 e. The fraction of sp³-hybridized carbons (Fsp3) is 0.833. The van der Waals surface area contributed by atoms with Gasteiger partial charge < -0.3 is 20.5 Å². The molecule has 2 unspecified atom stereocenters. The number of nitrogens with one attached hydrogen (secondary N) is 2. The minimum Gasteiger partial charge on any atom is -0.480 e. The van der Waals surface area contributed by atoms with Crippen molar-refractivity contribution in [3.05, 3.63) is 0 Å². The quantitative estimate of drug-likeness (QED) is 0.597. The minimum absolute atomic E-state index is 0.0365. The molecule has 6 heteroatoms. The zero-order chi connectivity index (χ0) is 13.5. The van der Waals surface area contributed by atoms with Gasteiger partial charge in [-0.15, -0.1) is 0 Å². The Morgan fingerprint density at radius 2 is 2.17 bits per heavy atom. The summed E-state index contributed by atoms with van der Waals surface area (Å²) in [4.78, 5) is 23.0. The zero-order valence-corrected chi connectivity index (χ0v) is 10.9. The molecule has 0 aliphatic carbocycles. The highest BCUT2D eigenvalue weighted by Crippen LogP contribution is 2.14. The molecule has 0 aromatic heterocycles. The Bertz CT molecular complexity index is 296. The van der Waals surface area contributed by atoms with Gasteiger partial charge in [-0.2, -0.15) is 0 Å². The SMILES string of the molecule is CCCC[C@H](NC(=O)C1COCC1NC)C(=O)O. The van der Waals surface area contributed by atoms with Gasteiger partial charge in [0.05, 0.1) is 19.1 Å². The van der Waals surface area contributed by atoms with E-state index in [1.807, 2.05) is 6.92 Å². The first-order chi connectivity index (χ1) is 8.60. The van der Waals surface area contributed by atoms with Crippen molar-refractivity contribution in [1.29, 1.82) is 0 Å². The summed E-state index contributed by atoms with van der Waals surface area (Å²) >= 11 is 0. The number of hydrogen-bond acceptors (Lipinski definition) is 4. The average Bonchev–Trinajstić information content (AvgIpc) is 2.82. The molecule has 0 spiro atoms. The fourth-order valence-corrected chi connectivity index (χ4v) is 2.04. The molecule has 0 aromatic rings. The molecular formula is C12H22N2O4. The lowest BCUT2D eigenvalue weighted by Crippen LogP contribution is -2.48. The predicted octanol–water partition coefficient (Wildman–Crippen LogP) is -0.0196. The van der Waals surface area contributed by atoms with Gasteiger partial charge in [-0.3, -0.25) is 4.79 Å². The molecule has 1 saturated heterocycles. The molecule has 1 fully saturated rings. The second kappa shape index (κ2) is 7.33. The molecule has 6 nitrogen and oxygen atoms in total. The Balaban J connectivity index is 2.52. The van der Waals surface area contributed by atoms with E-state index in [2.05, 4.69) is 10.6 Å². The minimum atomic E-state index is -0.975. The molecule has 0 radical (unpaired) electrons. The van der Waals surface area contributed by atoms with E-state index < -0.39 is 12.0 Å². The van der Waals surface area contributed by atoms with E-state index in [0.717, 1.165) is 12.8 Å². The Morgan fingerprint density at radius 3 is 2.72 bits per heavy atom. The first kappa shape index (κ1) is 14.9. The third-order valence-electron chi connectivity index (χ3n) is 3.25. The molecule has 104 valence electrons. The van der Waals surface area contributed by atoms with E-state index in [1.54, 1.807) is 7.05 Å². The summed E-state index contributed by atoms with van der Waals surface area (Å²) in [5.41, 5.74) is 0. The van der Waals surface area contributed by atoms with Gasteiger partial charge in [0.15, 0.2) is 0 Å². The van der Waals surface area contributed by atoms with E-state index in [0.29, 0.717) is 19.6 Å². The largest absolute Gasteiger partial charge is 0.480 e. The van der Waals surface area contributed by atoms with Crippen molar-refractivity contribution in [3.63, 3.8) is 0 Å². The number of carbonyl (C=O) groups is 2. The number of carboxylic acids is 1. The Morgan fingerprint density at radius 1 is 1.44 bits per heavy atom. The number of hydrogen-bond donors (Lipinski definition) is 3. The zero-order valence-electron chi connectivity index (χ0n) is 10.9. The maximum absolute atomic E-state index is 12.0. The van der Waals surface area contributed by atoms with Crippen LogP contribution in [0.1, 0.15) is 26.2 Å². The van der Waals surface area contributed by atoms with Crippen LogP contribution < -0.4 is 10.6 Å². The third kappa shape index (κ3) is 3.96. The Kier molecular flexibility index (Phi) is 6.07. The summed E-state index contributed by atoms with van der Waals surface area (Å²) in [5.74, 6) is -1.52. The smallest absolute Gasteiger partial charge is 0.326 e. The topological polar surface area (TPSA) is 87.7 Å². The first-order valence-corrected chi connectivity index (χ1v) is 6.38. The van der Waals surface area contributed by atoms with Gasteiger partial charge in [0, 0.05) is 6.04 Å². The number of aliphatic carboxylic acids is 1. The van der Waals surface area contributed by atoms with Crippen molar-refractivity contribution in [2.24, 2.45) is 5.92 Å². The van der Waals surface area contributed by atoms with E-state index in [4.69, 9.17) is 9.84 Å². The Labute approximate surface area is 107 Å². The monoisotopic (exact) mass is 258 g/mol. The maximum atomic E-state index is 12.0. The van der Waals surface area contributed by atoms with Crippen LogP contribution in [-0.4, -0.2) is 49.3 Å². The van der Waals surface area contributed by atoms with Gasteiger partial charge in [0.1, 0.15) is 6.04 Å². The summed E-state index contributed by atoms with van der Waals surface area (Å²) in [7, 11) is 1.77. The van der Waals surface area contributed by atoms with Gasteiger partial charge in [-0.1, -0.05) is 19.8 Å². The summed E-state index contributed by atoms with van der Waals surface area (Å²) in [6, 6.07) is -0.832. The summed E-state index contributed by atoms with van der Waals surface area (Å²) in [6.07, 6.45) is 2.16. The highest BCUT2D eigenvalue weighted by atomic mass is 16.5. The van der Waals surface area contributed by atoms with Crippen molar-refractivity contribution in [2.75, 3.05) is 20.3 Å². The van der Waals surface area contributed by atoms with Crippen LogP contribution in [0.5, 0.6) is 0 Å². The van der Waals surface area contributed by atoms with Crippen molar-refractivity contribution < 1.29 is 19.4 Å². The number of amides is 1. The van der Waals surface area contributed by atoms with Gasteiger partial charge in [-0.05, 0) is 13.5 Å². The fourth-order valence-electron chi connectivity index (χ4n) is 2.04. The van der Waals surface area contributed by atoms with Crippen molar-refractivity contribution in [3.8, 4) is 0 Å². The number of rotatable bonds is 7. The molecule has 18 heavy (non-hydrogen) atoms. The number of carbonyl (C=O) groups excluding carboxylic acids is 1. The number of likely N-dealkylation sites (N-methyl/N-ethyl adjacent to an activating group) is 1.